The molecule has 3 aromatic rings. The summed E-state index contributed by atoms with van der Waals surface area (Å²) in [5.41, 5.74) is 3.45. The van der Waals surface area contributed by atoms with E-state index in [1.54, 1.807) is 44.3 Å². The summed E-state index contributed by atoms with van der Waals surface area (Å²) >= 11 is 0. The van der Waals surface area contributed by atoms with Crippen LogP contribution in [0.2, 0.25) is 0 Å². The Morgan fingerprint density at radius 1 is 1.09 bits per heavy atom. The van der Waals surface area contributed by atoms with Crippen molar-refractivity contribution in [3.63, 3.8) is 0 Å². The standard InChI is InChI=1S/C24H28FN3O4/c1-15(20-14-26-28(16(20)2)19-9-7-18(25)8-10-19)27-23(29)11-6-17-12-21(30-3)24(32-5)22(13-17)31-4/h7-10,12-15H,6,11H2,1-5H3,(H,27,29). The van der Waals surface area contributed by atoms with Gasteiger partial charge in [0.25, 0.3) is 0 Å². The summed E-state index contributed by atoms with van der Waals surface area (Å²) in [6.45, 7) is 3.83. The summed E-state index contributed by atoms with van der Waals surface area (Å²) in [5, 5.41) is 7.42. The Balaban J connectivity index is 1.65. The predicted molar refractivity (Wildman–Crippen MR) is 119 cm³/mol. The molecular formula is C24H28FN3O4. The van der Waals surface area contributed by atoms with Crippen LogP contribution in [-0.4, -0.2) is 37.0 Å². The number of benzene rings is 2. The Bertz CT molecular complexity index is 1050. The minimum Gasteiger partial charge on any atom is -0.493 e. The lowest BCUT2D eigenvalue weighted by molar-refractivity contribution is -0.121. The molecule has 0 saturated heterocycles. The van der Waals surface area contributed by atoms with Crippen molar-refractivity contribution < 1.29 is 23.4 Å². The smallest absolute Gasteiger partial charge is 0.220 e. The number of aromatic nitrogens is 2. The molecule has 1 amide bonds. The van der Waals surface area contributed by atoms with Crippen molar-refractivity contribution in [2.24, 2.45) is 0 Å². The van der Waals surface area contributed by atoms with Gasteiger partial charge in [0.1, 0.15) is 5.82 Å². The van der Waals surface area contributed by atoms with Crippen molar-refractivity contribution in [3.8, 4) is 22.9 Å². The van der Waals surface area contributed by atoms with Gasteiger partial charge in [0.15, 0.2) is 11.5 Å². The first-order valence-electron chi connectivity index (χ1n) is 10.3. The molecule has 3 rings (SSSR count). The fraction of sp³-hybridized carbons (Fsp3) is 0.333. The highest BCUT2D eigenvalue weighted by molar-refractivity contribution is 5.76. The first-order chi connectivity index (χ1) is 15.4. The van der Waals surface area contributed by atoms with E-state index in [0.717, 1.165) is 22.5 Å². The van der Waals surface area contributed by atoms with Crippen LogP contribution in [0.15, 0.2) is 42.6 Å². The molecule has 7 nitrogen and oxygen atoms in total. The predicted octanol–water partition coefficient (Wildman–Crippen LogP) is 4.16. The largest absolute Gasteiger partial charge is 0.493 e. The number of aryl methyl sites for hydroxylation is 1. The third-order valence-electron chi connectivity index (χ3n) is 5.33. The minimum absolute atomic E-state index is 0.0832. The van der Waals surface area contributed by atoms with Gasteiger partial charge >= 0.3 is 0 Å². The Hall–Kier alpha value is -3.55. The van der Waals surface area contributed by atoms with Crippen molar-refractivity contribution in [2.75, 3.05) is 21.3 Å². The maximum Gasteiger partial charge on any atom is 0.220 e. The van der Waals surface area contributed by atoms with E-state index in [1.807, 2.05) is 26.0 Å². The van der Waals surface area contributed by atoms with Gasteiger partial charge in [-0.25, -0.2) is 9.07 Å². The number of carbonyl (C=O) groups excluding carboxylic acids is 1. The number of nitrogens with one attached hydrogen (secondary N) is 1. The zero-order chi connectivity index (χ0) is 23.3. The number of ether oxygens (including phenoxy) is 3. The number of amides is 1. The van der Waals surface area contributed by atoms with Crippen LogP contribution in [0.5, 0.6) is 17.2 Å². The summed E-state index contributed by atoms with van der Waals surface area (Å²) in [5.74, 6) is 1.25. The molecule has 0 aliphatic heterocycles. The van der Waals surface area contributed by atoms with Gasteiger partial charge in [-0.1, -0.05) is 0 Å². The van der Waals surface area contributed by atoms with Crippen molar-refractivity contribution in [2.45, 2.75) is 32.7 Å². The van der Waals surface area contributed by atoms with Crippen LogP contribution in [0.3, 0.4) is 0 Å². The molecule has 0 aliphatic rings. The third-order valence-corrected chi connectivity index (χ3v) is 5.33. The molecule has 8 heteroatoms. The second-order valence-corrected chi connectivity index (χ2v) is 7.40. The fourth-order valence-electron chi connectivity index (χ4n) is 3.62. The molecule has 170 valence electrons. The van der Waals surface area contributed by atoms with Gasteiger partial charge in [-0.2, -0.15) is 5.10 Å². The number of halogens is 1. The maximum atomic E-state index is 13.2. The van der Waals surface area contributed by atoms with Crippen LogP contribution in [0.1, 0.15) is 36.2 Å². The van der Waals surface area contributed by atoms with Gasteiger partial charge in [0, 0.05) is 17.7 Å². The summed E-state index contributed by atoms with van der Waals surface area (Å²) < 4.78 is 31.0. The Morgan fingerprint density at radius 2 is 1.72 bits per heavy atom. The third kappa shape index (κ3) is 5.01. The topological polar surface area (TPSA) is 74.6 Å². The van der Waals surface area contributed by atoms with E-state index in [-0.39, 0.29) is 17.8 Å². The van der Waals surface area contributed by atoms with E-state index in [9.17, 15) is 9.18 Å². The average Bonchev–Trinajstić information content (AvgIpc) is 3.18. The van der Waals surface area contributed by atoms with E-state index in [0.29, 0.717) is 30.1 Å². The van der Waals surface area contributed by atoms with Gasteiger partial charge < -0.3 is 19.5 Å². The van der Waals surface area contributed by atoms with Gasteiger partial charge in [-0.05, 0) is 62.2 Å². The van der Waals surface area contributed by atoms with E-state index in [4.69, 9.17) is 14.2 Å². The molecule has 0 saturated carbocycles. The average molecular weight is 442 g/mol. The maximum absolute atomic E-state index is 13.2. The summed E-state index contributed by atoms with van der Waals surface area (Å²) in [7, 11) is 4.67. The van der Waals surface area contributed by atoms with Crippen molar-refractivity contribution in [1.82, 2.24) is 15.1 Å². The van der Waals surface area contributed by atoms with Gasteiger partial charge in [0.05, 0.1) is 39.3 Å². The molecule has 1 heterocycles. The first kappa shape index (κ1) is 23.1. The van der Waals surface area contributed by atoms with Crippen molar-refractivity contribution >= 4 is 5.91 Å². The van der Waals surface area contributed by atoms with Crippen LogP contribution in [0.25, 0.3) is 5.69 Å². The lowest BCUT2D eigenvalue weighted by Crippen LogP contribution is -2.27. The number of nitrogens with zero attached hydrogens (tertiary/aromatic N) is 2. The summed E-state index contributed by atoms with van der Waals surface area (Å²) in [6, 6.07) is 9.58. The number of methoxy groups -OCH3 is 3. The second-order valence-electron chi connectivity index (χ2n) is 7.40. The minimum atomic E-state index is -0.300. The Kier molecular flexibility index (Phi) is 7.35. The molecule has 2 aromatic carbocycles. The lowest BCUT2D eigenvalue weighted by Gasteiger charge is -2.16. The Labute approximate surface area is 187 Å². The lowest BCUT2D eigenvalue weighted by atomic mass is 10.1. The molecular weight excluding hydrogens is 413 g/mol. The monoisotopic (exact) mass is 441 g/mol. The molecule has 0 aliphatic carbocycles. The van der Waals surface area contributed by atoms with Crippen LogP contribution in [-0.2, 0) is 11.2 Å². The van der Waals surface area contributed by atoms with Gasteiger partial charge in [-0.3, -0.25) is 4.79 Å². The number of rotatable bonds is 9. The molecule has 0 bridgehead atoms. The highest BCUT2D eigenvalue weighted by Crippen LogP contribution is 2.38. The summed E-state index contributed by atoms with van der Waals surface area (Å²) in [6.07, 6.45) is 2.54. The number of hydrogen-bond donors (Lipinski definition) is 1. The van der Waals surface area contributed by atoms with E-state index in [2.05, 4.69) is 10.4 Å². The highest BCUT2D eigenvalue weighted by Gasteiger charge is 2.18. The van der Waals surface area contributed by atoms with Crippen LogP contribution >= 0.6 is 0 Å². The molecule has 32 heavy (non-hydrogen) atoms. The molecule has 1 atom stereocenters. The van der Waals surface area contributed by atoms with E-state index in [1.165, 1.54) is 12.1 Å². The SMILES string of the molecule is COc1cc(CCC(=O)NC(C)c2cnn(-c3ccc(F)cc3)c2C)cc(OC)c1OC. The normalized spacial score (nSPS) is 11.7. The van der Waals surface area contributed by atoms with Crippen LogP contribution in [0, 0.1) is 12.7 Å². The highest BCUT2D eigenvalue weighted by atomic mass is 19.1. The zero-order valence-corrected chi connectivity index (χ0v) is 18.9. The van der Waals surface area contributed by atoms with Crippen molar-refractivity contribution in [3.05, 3.63) is 65.2 Å². The van der Waals surface area contributed by atoms with Crippen LogP contribution in [0.4, 0.5) is 4.39 Å². The van der Waals surface area contributed by atoms with Crippen LogP contribution < -0.4 is 19.5 Å². The fourth-order valence-corrected chi connectivity index (χ4v) is 3.62. The number of carbonyl (C=O) groups is 1. The van der Waals surface area contributed by atoms with Gasteiger partial charge in [-0.15, -0.1) is 0 Å². The van der Waals surface area contributed by atoms with E-state index < -0.39 is 0 Å². The first-order valence-corrected chi connectivity index (χ1v) is 10.3. The Morgan fingerprint density at radius 3 is 2.28 bits per heavy atom. The van der Waals surface area contributed by atoms with Crippen molar-refractivity contribution in [1.29, 1.82) is 0 Å². The zero-order valence-electron chi connectivity index (χ0n) is 18.9. The second kappa shape index (κ2) is 10.2. The molecule has 1 aromatic heterocycles. The van der Waals surface area contributed by atoms with Gasteiger partial charge in [0.2, 0.25) is 11.7 Å². The molecule has 0 radical (unpaired) electrons. The molecule has 1 N–H and O–H groups in total. The van der Waals surface area contributed by atoms with E-state index >= 15 is 0 Å². The molecule has 1 unspecified atom stereocenters. The summed E-state index contributed by atoms with van der Waals surface area (Å²) in [4.78, 5) is 12.6. The molecule has 0 fully saturated rings. The number of hydrogen-bond acceptors (Lipinski definition) is 5. The quantitative estimate of drug-likeness (QED) is 0.540. The molecule has 0 spiro atoms.